The van der Waals surface area contributed by atoms with Crippen molar-refractivity contribution in [1.82, 2.24) is 20.9 Å². The van der Waals surface area contributed by atoms with Crippen molar-refractivity contribution in [3.8, 4) is 11.3 Å². The van der Waals surface area contributed by atoms with Crippen LogP contribution in [-0.2, 0) is 4.79 Å². The number of anilines is 2. The molecular formula is C21H24N8O. The molecule has 0 bridgehead atoms. The predicted octanol–water partition coefficient (Wildman–Crippen LogP) is 2.64. The number of aliphatic imine (C=N–C) groups is 1. The molecule has 2 aromatic rings. The van der Waals surface area contributed by atoms with Crippen LogP contribution in [0.2, 0.25) is 0 Å². The van der Waals surface area contributed by atoms with Crippen molar-refractivity contribution in [3.63, 3.8) is 0 Å². The van der Waals surface area contributed by atoms with E-state index in [0.29, 0.717) is 23.4 Å². The van der Waals surface area contributed by atoms with Crippen LogP contribution in [0.4, 0.5) is 11.6 Å². The Bertz CT molecular complexity index is 995. The second kappa shape index (κ2) is 8.10. The predicted molar refractivity (Wildman–Crippen MR) is 116 cm³/mol. The van der Waals surface area contributed by atoms with E-state index in [9.17, 15) is 4.79 Å². The first-order valence-corrected chi connectivity index (χ1v) is 10.4. The molecule has 2 aliphatic heterocycles. The molecule has 9 nitrogen and oxygen atoms in total. The Morgan fingerprint density at radius 3 is 2.57 bits per heavy atom. The molecule has 0 saturated heterocycles. The Kier molecular flexibility index (Phi) is 5.00. The van der Waals surface area contributed by atoms with Crippen LogP contribution in [0.15, 0.2) is 40.6 Å². The first kappa shape index (κ1) is 18.5. The first-order valence-electron chi connectivity index (χ1n) is 10.4. The fraction of sp³-hybridized carbons (Fsp3) is 0.381. The number of amidine groups is 1. The Morgan fingerprint density at radius 1 is 1.00 bits per heavy atom. The molecule has 1 saturated carbocycles. The van der Waals surface area contributed by atoms with Crippen molar-refractivity contribution >= 4 is 29.7 Å². The molecular weight excluding hydrogens is 380 g/mol. The van der Waals surface area contributed by atoms with Crippen LogP contribution in [0.3, 0.4) is 0 Å². The van der Waals surface area contributed by atoms with Crippen LogP contribution in [0, 0.1) is 5.92 Å². The summed E-state index contributed by atoms with van der Waals surface area (Å²) in [7, 11) is 0. The van der Waals surface area contributed by atoms with Gasteiger partial charge in [-0.15, -0.1) is 5.10 Å². The zero-order chi connectivity index (χ0) is 20.3. The van der Waals surface area contributed by atoms with Gasteiger partial charge in [0.1, 0.15) is 12.4 Å². The van der Waals surface area contributed by atoms with Gasteiger partial charge in [0, 0.05) is 11.1 Å². The summed E-state index contributed by atoms with van der Waals surface area (Å²) in [5.74, 6) is 2.41. The van der Waals surface area contributed by atoms with E-state index >= 15 is 0 Å². The monoisotopic (exact) mass is 404 g/mol. The molecule has 1 fully saturated rings. The van der Waals surface area contributed by atoms with Gasteiger partial charge in [0.15, 0.2) is 17.5 Å². The smallest absolute Gasteiger partial charge is 0.248 e. The van der Waals surface area contributed by atoms with Gasteiger partial charge in [0.25, 0.3) is 0 Å². The van der Waals surface area contributed by atoms with Gasteiger partial charge in [-0.1, -0.05) is 56.4 Å². The number of nitrogens with zero attached hydrogens (tertiary/aromatic N) is 4. The van der Waals surface area contributed by atoms with E-state index in [1.165, 1.54) is 38.4 Å². The molecule has 3 aliphatic rings. The van der Waals surface area contributed by atoms with Crippen molar-refractivity contribution in [1.29, 1.82) is 0 Å². The van der Waals surface area contributed by atoms with Crippen molar-refractivity contribution in [2.24, 2.45) is 16.0 Å². The van der Waals surface area contributed by atoms with Crippen molar-refractivity contribution < 1.29 is 4.79 Å². The summed E-state index contributed by atoms with van der Waals surface area (Å²) in [6, 6.07) is 7.62. The molecule has 5 rings (SSSR count). The maximum atomic E-state index is 12.5. The largest absolute Gasteiger partial charge is 0.355 e. The summed E-state index contributed by atoms with van der Waals surface area (Å²) in [6.07, 6.45) is 10.2. The zero-order valence-electron chi connectivity index (χ0n) is 16.6. The van der Waals surface area contributed by atoms with Gasteiger partial charge in [0.05, 0.1) is 11.9 Å². The van der Waals surface area contributed by atoms with Crippen LogP contribution < -0.4 is 21.6 Å². The number of carbonyl (C=O) groups is 1. The van der Waals surface area contributed by atoms with E-state index < -0.39 is 0 Å². The van der Waals surface area contributed by atoms with E-state index in [4.69, 9.17) is 4.98 Å². The van der Waals surface area contributed by atoms with E-state index in [-0.39, 0.29) is 11.9 Å². The van der Waals surface area contributed by atoms with Gasteiger partial charge in [-0.2, -0.15) is 0 Å². The summed E-state index contributed by atoms with van der Waals surface area (Å²) in [5, 5.41) is 10.0. The topological polar surface area (TPSA) is 116 Å². The minimum Gasteiger partial charge on any atom is -0.355 e. The van der Waals surface area contributed by atoms with Gasteiger partial charge >= 0.3 is 0 Å². The highest BCUT2D eigenvalue weighted by Crippen LogP contribution is 2.32. The van der Waals surface area contributed by atoms with Crippen molar-refractivity contribution in [2.45, 2.75) is 44.6 Å². The minimum absolute atomic E-state index is 0.0163. The van der Waals surface area contributed by atoms with E-state index in [0.717, 1.165) is 23.2 Å². The van der Waals surface area contributed by atoms with Gasteiger partial charge in [-0.25, -0.2) is 20.5 Å². The Balaban J connectivity index is 1.33. The second-order valence-electron chi connectivity index (χ2n) is 7.91. The van der Waals surface area contributed by atoms with Crippen molar-refractivity contribution in [2.75, 3.05) is 10.6 Å². The fourth-order valence-electron chi connectivity index (χ4n) is 4.26. The molecule has 30 heavy (non-hydrogen) atoms. The lowest BCUT2D eigenvalue weighted by molar-refractivity contribution is -0.117. The molecule has 0 spiro atoms. The van der Waals surface area contributed by atoms with Crippen LogP contribution in [0.5, 0.6) is 0 Å². The molecule has 1 aromatic heterocycles. The number of hydrazone groups is 1. The van der Waals surface area contributed by atoms with E-state index in [1.807, 2.05) is 24.3 Å². The maximum absolute atomic E-state index is 12.5. The third-order valence-electron chi connectivity index (χ3n) is 5.87. The number of aromatic nitrogens is 2. The Labute approximate surface area is 174 Å². The standard InChI is InChI=1S/C21H24N8O/c30-21-16(10-13-4-2-1-3-5-13)25-20-19(27-21)22-11-17(26-20)14-6-8-15(9-7-14)18-23-12-24-29-28-18/h6-9,11-13,16,29H,1-5,10H2,(H,25,26)(H,22,27,30)(H,23,24,28). The summed E-state index contributed by atoms with van der Waals surface area (Å²) >= 11 is 0. The number of amides is 1. The average molecular weight is 404 g/mol. The lowest BCUT2D eigenvalue weighted by Gasteiger charge is -2.30. The summed E-state index contributed by atoms with van der Waals surface area (Å²) in [4.78, 5) is 25.9. The minimum atomic E-state index is -0.253. The van der Waals surface area contributed by atoms with E-state index in [2.05, 4.69) is 36.7 Å². The lowest BCUT2D eigenvalue weighted by Crippen LogP contribution is -2.41. The number of nitrogens with one attached hydrogen (secondary N) is 4. The van der Waals surface area contributed by atoms with E-state index in [1.54, 1.807) is 6.20 Å². The number of hydrogen-bond acceptors (Lipinski definition) is 8. The first-order chi connectivity index (χ1) is 14.8. The number of hydrogen-bond donors (Lipinski definition) is 4. The van der Waals surface area contributed by atoms with Crippen LogP contribution in [-0.4, -0.2) is 34.1 Å². The number of benzene rings is 1. The average Bonchev–Trinajstić information content (AvgIpc) is 2.81. The number of fused-ring (bicyclic) bond motifs is 1. The van der Waals surface area contributed by atoms with Crippen LogP contribution >= 0.6 is 0 Å². The highest BCUT2D eigenvalue weighted by atomic mass is 16.2. The molecule has 1 amide bonds. The Morgan fingerprint density at radius 2 is 1.80 bits per heavy atom. The second-order valence-corrected chi connectivity index (χ2v) is 7.91. The lowest BCUT2D eigenvalue weighted by atomic mass is 9.84. The van der Waals surface area contributed by atoms with Gasteiger partial charge in [0.2, 0.25) is 5.91 Å². The number of rotatable bonds is 4. The molecule has 1 aromatic carbocycles. The molecule has 1 atom stereocenters. The summed E-state index contributed by atoms with van der Waals surface area (Å²) in [5.41, 5.74) is 8.20. The highest BCUT2D eigenvalue weighted by Gasteiger charge is 2.30. The summed E-state index contributed by atoms with van der Waals surface area (Å²) < 4.78 is 0. The normalized spacial score (nSPS) is 20.9. The molecule has 1 aliphatic carbocycles. The molecule has 3 heterocycles. The number of carbonyl (C=O) groups excluding carboxylic acids is 1. The van der Waals surface area contributed by atoms with Gasteiger partial charge in [-0.05, 0) is 12.3 Å². The highest BCUT2D eigenvalue weighted by molar-refractivity contribution is 6.03. The van der Waals surface area contributed by atoms with Crippen LogP contribution in [0.1, 0.15) is 44.1 Å². The van der Waals surface area contributed by atoms with Gasteiger partial charge < -0.3 is 10.6 Å². The molecule has 4 N–H and O–H groups in total. The molecule has 154 valence electrons. The third-order valence-corrected chi connectivity index (χ3v) is 5.87. The Hall–Kier alpha value is -3.49. The number of hydrazine groups is 1. The van der Waals surface area contributed by atoms with Crippen LogP contribution in [0.25, 0.3) is 11.3 Å². The zero-order valence-corrected chi connectivity index (χ0v) is 16.6. The molecule has 9 heteroatoms. The summed E-state index contributed by atoms with van der Waals surface area (Å²) in [6.45, 7) is 0. The molecule has 1 unspecified atom stereocenters. The van der Waals surface area contributed by atoms with Crippen molar-refractivity contribution in [3.05, 3.63) is 36.0 Å². The third kappa shape index (κ3) is 3.83. The molecule has 0 radical (unpaired) electrons. The fourth-order valence-corrected chi connectivity index (χ4v) is 4.26. The van der Waals surface area contributed by atoms with Gasteiger partial charge in [-0.3, -0.25) is 10.2 Å². The maximum Gasteiger partial charge on any atom is 0.248 e. The SMILES string of the molecule is O=C1Nc2ncc(-c3ccc(C4=NC=NNN4)cc3)nc2NC1CC1CCCCC1. The quantitative estimate of drug-likeness (QED) is 0.623.